The number of ether oxygens (including phenoxy) is 1. The third-order valence-corrected chi connectivity index (χ3v) is 4.14. The van der Waals surface area contributed by atoms with Gasteiger partial charge in [0.1, 0.15) is 11.4 Å². The van der Waals surface area contributed by atoms with Crippen molar-refractivity contribution in [3.8, 4) is 5.75 Å². The second-order valence-corrected chi connectivity index (χ2v) is 6.57. The highest BCUT2D eigenvalue weighted by Crippen LogP contribution is 2.18. The third kappa shape index (κ3) is 6.62. The Morgan fingerprint density at radius 2 is 2.04 bits per heavy atom. The first-order valence-corrected chi connectivity index (χ1v) is 8.75. The van der Waals surface area contributed by atoms with Gasteiger partial charge < -0.3 is 20.9 Å². The molecule has 1 heterocycles. The number of rotatable bonds is 8. The normalized spacial score (nSPS) is 11.7. The predicted octanol–water partition coefficient (Wildman–Crippen LogP) is 2.32. The fraction of sp³-hybridized carbons (Fsp3) is 0.412. The largest absolute Gasteiger partial charge is 0.491 e. The maximum absolute atomic E-state index is 12.0. The second-order valence-electron chi connectivity index (χ2n) is 5.63. The smallest absolute Gasteiger partial charge is 0.270 e. The van der Waals surface area contributed by atoms with E-state index >= 15 is 0 Å². The van der Waals surface area contributed by atoms with Crippen molar-refractivity contribution in [3.05, 3.63) is 45.9 Å². The number of amides is 1. The van der Waals surface area contributed by atoms with Crippen LogP contribution < -0.4 is 15.8 Å². The number of hydrogen-bond donors (Lipinski definition) is 3. The summed E-state index contributed by atoms with van der Waals surface area (Å²) in [5, 5.41) is 15.4. The number of benzene rings is 1. The van der Waals surface area contributed by atoms with Crippen molar-refractivity contribution in [1.29, 1.82) is 0 Å². The number of nitrogens with one attached hydrogen (secondary N) is 1. The van der Waals surface area contributed by atoms with Gasteiger partial charge in [0.25, 0.3) is 5.91 Å². The Bertz CT molecular complexity index is 661. The van der Waals surface area contributed by atoms with Gasteiger partial charge >= 0.3 is 0 Å². The van der Waals surface area contributed by atoms with E-state index in [2.05, 4.69) is 10.3 Å². The minimum absolute atomic E-state index is 0. The molecule has 1 aromatic carbocycles. The molecule has 2 rings (SSSR count). The number of nitrogens with zero attached hydrogens (tertiary/aromatic N) is 1. The maximum atomic E-state index is 12.0. The van der Waals surface area contributed by atoms with Crippen LogP contribution in [0.25, 0.3) is 0 Å². The van der Waals surface area contributed by atoms with E-state index in [0.717, 1.165) is 10.8 Å². The standard InChI is InChI=1S/C17H23N3O3S.ClH/c1-11(2)23-13-5-3-12(4-6-13)15(21)9-19-17(22)14-10-24-16(20-14)7-8-18;/h3-6,10-11,15,21H,7-9,18H2,1-2H3,(H,19,22);1H. The average Bonchev–Trinajstić information content (AvgIpc) is 3.01. The predicted molar refractivity (Wildman–Crippen MR) is 102 cm³/mol. The van der Waals surface area contributed by atoms with Crippen molar-refractivity contribution in [2.24, 2.45) is 5.73 Å². The summed E-state index contributed by atoms with van der Waals surface area (Å²) in [6.07, 6.45) is -0.0303. The monoisotopic (exact) mass is 385 g/mol. The number of nitrogens with two attached hydrogens (primary N) is 1. The van der Waals surface area contributed by atoms with Gasteiger partial charge in [0, 0.05) is 18.3 Å². The molecule has 6 nitrogen and oxygen atoms in total. The zero-order valence-electron chi connectivity index (χ0n) is 14.3. The van der Waals surface area contributed by atoms with Gasteiger partial charge in [0.2, 0.25) is 0 Å². The molecule has 0 radical (unpaired) electrons. The molecular formula is C17H24ClN3O3S. The van der Waals surface area contributed by atoms with Crippen molar-refractivity contribution in [3.63, 3.8) is 0 Å². The lowest BCUT2D eigenvalue weighted by molar-refractivity contribution is 0.0912. The van der Waals surface area contributed by atoms with Crippen molar-refractivity contribution in [2.45, 2.75) is 32.5 Å². The Labute approximate surface area is 157 Å². The van der Waals surface area contributed by atoms with Crippen LogP contribution in [0, 0.1) is 0 Å². The number of aromatic nitrogens is 1. The van der Waals surface area contributed by atoms with Crippen LogP contribution in [-0.2, 0) is 6.42 Å². The van der Waals surface area contributed by atoms with Gasteiger partial charge in [0.05, 0.1) is 17.2 Å². The summed E-state index contributed by atoms with van der Waals surface area (Å²) >= 11 is 1.41. The molecule has 8 heteroatoms. The number of aliphatic hydroxyl groups is 1. The minimum atomic E-state index is -0.788. The first kappa shape index (κ1) is 21.4. The summed E-state index contributed by atoms with van der Waals surface area (Å²) < 4.78 is 5.56. The van der Waals surface area contributed by atoms with E-state index in [-0.39, 0.29) is 31.0 Å². The number of thiazole rings is 1. The van der Waals surface area contributed by atoms with Crippen LogP contribution in [-0.4, -0.2) is 35.2 Å². The van der Waals surface area contributed by atoms with Gasteiger partial charge in [0.15, 0.2) is 0 Å². The minimum Gasteiger partial charge on any atom is -0.491 e. The SMILES string of the molecule is CC(C)Oc1ccc(C(O)CNC(=O)c2csc(CCN)n2)cc1.Cl. The zero-order chi connectivity index (χ0) is 17.5. The van der Waals surface area contributed by atoms with Gasteiger partial charge in [-0.2, -0.15) is 0 Å². The topological polar surface area (TPSA) is 97.5 Å². The van der Waals surface area contributed by atoms with E-state index in [1.54, 1.807) is 29.6 Å². The molecular weight excluding hydrogens is 362 g/mol. The number of aliphatic hydroxyl groups excluding tert-OH is 1. The maximum Gasteiger partial charge on any atom is 0.270 e. The zero-order valence-corrected chi connectivity index (χ0v) is 15.9. The molecule has 0 aliphatic carbocycles. The lowest BCUT2D eigenvalue weighted by atomic mass is 10.1. The fourth-order valence-electron chi connectivity index (χ4n) is 2.09. The Kier molecular flexibility index (Phi) is 8.85. The molecule has 25 heavy (non-hydrogen) atoms. The first-order valence-electron chi connectivity index (χ1n) is 7.87. The third-order valence-electron chi connectivity index (χ3n) is 3.24. The molecule has 0 aliphatic heterocycles. The molecule has 0 spiro atoms. The summed E-state index contributed by atoms with van der Waals surface area (Å²) in [4.78, 5) is 16.3. The fourth-order valence-corrected chi connectivity index (χ4v) is 2.89. The van der Waals surface area contributed by atoms with E-state index in [1.165, 1.54) is 11.3 Å². The van der Waals surface area contributed by atoms with E-state index in [4.69, 9.17) is 10.5 Å². The summed E-state index contributed by atoms with van der Waals surface area (Å²) in [5.74, 6) is 0.452. The van der Waals surface area contributed by atoms with Crippen LogP contribution >= 0.6 is 23.7 Å². The van der Waals surface area contributed by atoms with Gasteiger partial charge in [-0.15, -0.1) is 23.7 Å². The lowest BCUT2D eigenvalue weighted by Crippen LogP contribution is -2.28. The molecule has 0 saturated heterocycles. The van der Waals surface area contributed by atoms with Crippen molar-refractivity contribution >= 4 is 29.7 Å². The molecule has 4 N–H and O–H groups in total. The van der Waals surface area contributed by atoms with Crippen molar-refractivity contribution < 1.29 is 14.6 Å². The Balaban J connectivity index is 0.00000312. The van der Waals surface area contributed by atoms with Crippen LogP contribution in [0.5, 0.6) is 5.75 Å². The second kappa shape index (κ2) is 10.4. The summed E-state index contributed by atoms with van der Waals surface area (Å²) in [7, 11) is 0. The van der Waals surface area contributed by atoms with Crippen LogP contribution in [0.2, 0.25) is 0 Å². The van der Waals surface area contributed by atoms with Gasteiger partial charge in [-0.1, -0.05) is 12.1 Å². The Morgan fingerprint density at radius 1 is 1.36 bits per heavy atom. The molecule has 1 unspecified atom stereocenters. The summed E-state index contributed by atoms with van der Waals surface area (Å²) in [5.41, 5.74) is 6.54. The molecule has 138 valence electrons. The van der Waals surface area contributed by atoms with Gasteiger partial charge in [-0.05, 0) is 38.1 Å². The van der Waals surface area contributed by atoms with E-state index in [0.29, 0.717) is 24.2 Å². The summed E-state index contributed by atoms with van der Waals surface area (Å²) in [6.45, 7) is 4.53. The van der Waals surface area contributed by atoms with Crippen LogP contribution in [0.4, 0.5) is 0 Å². The van der Waals surface area contributed by atoms with Gasteiger partial charge in [-0.3, -0.25) is 4.79 Å². The van der Waals surface area contributed by atoms with Crippen molar-refractivity contribution in [1.82, 2.24) is 10.3 Å². The number of carbonyl (C=O) groups excluding carboxylic acids is 1. The highest BCUT2D eigenvalue weighted by molar-refractivity contribution is 7.09. The van der Waals surface area contributed by atoms with Crippen LogP contribution in [0.3, 0.4) is 0 Å². The quantitative estimate of drug-likeness (QED) is 0.647. The van der Waals surface area contributed by atoms with Crippen molar-refractivity contribution in [2.75, 3.05) is 13.1 Å². The molecule has 0 fully saturated rings. The number of hydrogen-bond acceptors (Lipinski definition) is 6. The lowest BCUT2D eigenvalue weighted by Gasteiger charge is -2.14. The van der Waals surface area contributed by atoms with E-state index in [1.807, 2.05) is 13.8 Å². The molecule has 0 bridgehead atoms. The van der Waals surface area contributed by atoms with Crippen LogP contribution in [0.1, 0.15) is 41.0 Å². The summed E-state index contributed by atoms with van der Waals surface area (Å²) in [6, 6.07) is 7.19. The molecule has 0 saturated carbocycles. The number of carbonyl (C=O) groups is 1. The average molecular weight is 386 g/mol. The molecule has 1 aromatic heterocycles. The van der Waals surface area contributed by atoms with E-state index < -0.39 is 6.10 Å². The molecule has 2 aromatic rings. The van der Waals surface area contributed by atoms with E-state index in [9.17, 15) is 9.90 Å². The Hall–Kier alpha value is -1.67. The first-order chi connectivity index (χ1) is 11.5. The molecule has 0 aliphatic rings. The highest BCUT2D eigenvalue weighted by atomic mass is 35.5. The molecule has 1 atom stereocenters. The van der Waals surface area contributed by atoms with Gasteiger partial charge in [-0.25, -0.2) is 4.98 Å². The highest BCUT2D eigenvalue weighted by Gasteiger charge is 2.13. The number of halogens is 1. The molecule has 1 amide bonds. The Morgan fingerprint density at radius 3 is 2.64 bits per heavy atom. The van der Waals surface area contributed by atoms with Crippen LogP contribution in [0.15, 0.2) is 29.6 Å².